The Hall–Kier alpha value is -1.30. The van der Waals surface area contributed by atoms with Gasteiger partial charge in [0.15, 0.2) is 0 Å². The van der Waals surface area contributed by atoms with Crippen molar-refractivity contribution >= 4 is 12.0 Å². The Kier molecular flexibility index (Phi) is 5.45. The number of hydrogen-bond acceptors (Lipinski definition) is 3. The number of carbonyl (C=O) groups excluding carboxylic acids is 1. The zero-order valence-corrected chi connectivity index (χ0v) is 13.0. The molecule has 0 bridgehead atoms. The molecule has 0 aliphatic carbocycles. The van der Waals surface area contributed by atoms with Gasteiger partial charge in [0.25, 0.3) is 0 Å². The van der Waals surface area contributed by atoms with E-state index in [1.54, 1.807) is 0 Å². The molecule has 0 aromatic rings. The van der Waals surface area contributed by atoms with Crippen molar-refractivity contribution in [3.8, 4) is 0 Å². The maximum atomic E-state index is 12.3. The van der Waals surface area contributed by atoms with Crippen LogP contribution >= 0.6 is 0 Å². The largest absolute Gasteiger partial charge is 0.480 e. The van der Waals surface area contributed by atoms with Crippen molar-refractivity contribution < 1.29 is 14.7 Å². The zero-order chi connectivity index (χ0) is 15.4. The number of nitrogens with zero attached hydrogens (tertiary/aromatic N) is 2. The fraction of sp³-hybridized carbons (Fsp3) is 0.867. The number of urea groups is 1. The summed E-state index contributed by atoms with van der Waals surface area (Å²) in [5.74, 6) is -0.534. The first-order chi connectivity index (χ1) is 10.0. The van der Waals surface area contributed by atoms with Crippen LogP contribution in [0.4, 0.5) is 4.79 Å². The standard InChI is InChI=1S/C15H27N3O3/c1-3-17-7-4-5-12(17)10-16-15(21)18-8-6-11(2)9-13(18)14(19)20/h11-13H,3-10H2,1-2H3,(H,16,21)(H,19,20). The summed E-state index contributed by atoms with van der Waals surface area (Å²) in [7, 11) is 0. The molecule has 2 fully saturated rings. The van der Waals surface area contributed by atoms with Crippen molar-refractivity contribution in [2.24, 2.45) is 5.92 Å². The van der Waals surface area contributed by atoms with Crippen LogP contribution in [0.3, 0.4) is 0 Å². The third-order valence-corrected chi connectivity index (χ3v) is 4.80. The second-order valence-electron chi connectivity index (χ2n) is 6.29. The predicted molar refractivity (Wildman–Crippen MR) is 80.2 cm³/mol. The lowest BCUT2D eigenvalue weighted by Gasteiger charge is -2.36. The summed E-state index contributed by atoms with van der Waals surface area (Å²) in [6, 6.07) is -0.511. The number of nitrogens with one attached hydrogen (secondary N) is 1. The molecule has 2 saturated heterocycles. The Labute approximate surface area is 126 Å². The van der Waals surface area contributed by atoms with Crippen LogP contribution in [-0.2, 0) is 4.79 Å². The van der Waals surface area contributed by atoms with Crippen molar-refractivity contribution in [3.63, 3.8) is 0 Å². The molecular formula is C15H27N3O3. The molecule has 0 aromatic carbocycles. The first kappa shape index (κ1) is 16.1. The van der Waals surface area contributed by atoms with Crippen LogP contribution in [0.15, 0.2) is 0 Å². The highest BCUT2D eigenvalue weighted by Crippen LogP contribution is 2.23. The molecule has 2 N–H and O–H groups in total. The van der Waals surface area contributed by atoms with Gasteiger partial charge >= 0.3 is 12.0 Å². The quantitative estimate of drug-likeness (QED) is 0.822. The number of likely N-dealkylation sites (tertiary alicyclic amines) is 2. The van der Waals surface area contributed by atoms with E-state index in [4.69, 9.17) is 0 Å². The number of aliphatic carboxylic acids is 1. The van der Waals surface area contributed by atoms with E-state index in [2.05, 4.69) is 17.1 Å². The van der Waals surface area contributed by atoms with Gasteiger partial charge in [-0.3, -0.25) is 4.90 Å². The van der Waals surface area contributed by atoms with Gasteiger partial charge in [-0.05, 0) is 44.7 Å². The minimum absolute atomic E-state index is 0.225. The molecule has 2 amide bonds. The highest BCUT2D eigenvalue weighted by molar-refractivity contribution is 5.82. The highest BCUT2D eigenvalue weighted by atomic mass is 16.4. The van der Waals surface area contributed by atoms with Crippen LogP contribution < -0.4 is 5.32 Å². The monoisotopic (exact) mass is 297 g/mol. The van der Waals surface area contributed by atoms with Crippen LogP contribution in [0.25, 0.3) is 0 Å². The Morgan fingerprint density at radius 3 is 2.71 bits per heavy atom. The molecule has 0 aromatic heterocycles. The second kappa shape index (κ2) is 7.11. The van der Waals surface area contributed by atoms with Gasteiger partial charge in [0.2, 0.25) is 0 Å². The fourth-order valence-electron chi connectivity index (χ4n) is 3.47. The summed E-state index contributed by atoms with van der Waals surface area (Å²) in [6.07, 6.45) is 3.70. The van der Waals surface area contributed by atoms with E-state index in [1.165, 1.54) is 11.3 Å². The summed E-state index contributed by atoms with van der Waals surface area (Å²) in [5, 5.41) is 12.2. The third kappa shape index (κ3) is 3.87. The number of amides is 2. The van der Waals surface area contributed by atoms with Gasteiger partial charge in [0.1, 0.15) is 6.04 Å². The van der Waals surface area contributed by atoms with Crippen molar-refractivity contribution in [2.75, 3.05) is 26.2 Å². The van der Waals surface area contributed by atoms with Crippen molar-refractivity contribution in [2.45, 2.75) is 51.6 Å². The van der Waals surface area contributed by atoms with E-state index in [0.29, 0.717) is 31.5 Å². The number of likely N-dealkylation sites (N-methyl/N-ethyl adjacent to an activating group) is 1. The van der Waals surface area contributed by atoms with Crippen LogP contribution in [0.1, 0.15) is 39.5 Å². The topological polar surface area (TPSA) is 72.9 Å². The van der Waals surface area contributed by atoms with E-state index in [-0.39, 0.29) is 6.03 Å². The molecule has 6 nitrogen and oxygen atoms in total. The van der Waals surface area contributed by atoms with Gasteiger partial charge in [0.05, 0.1) is 0 Å². The number of carbonyl (C=O) groups is 2. The van der Waals surface area contributed by atoms with Gasteiger partial charge in [0, 0.05) is 19.1 Å². The summed E-state index contributed by atoms with van der Waals surface area (Å²) in [6.45, 7) is 7.42. The van der Waals surface area contributed by atoms with E-state index in [1.807, 2.05) is 6.92 Å². The average Bonchev–Trinajstić information content (AvgIpc) is 2.92. The molecule has 0 radical (unpaired) electrons. The van der Waals surface area contributed by atoms with Crippen molar-refractivity contribution in [1.29, 1.82) is 0 Å². The molecule has 3 unspecified atom stereocenters. The van der Waals surface area contributed by atoms with Gasteiger partial charge in [-0.2, -0.15) is 0 Å². The first-order valence-electron chi connectivity index (χ1n) is 8.04. The maximum absolute atomic E-state index is 12.3. The van der Waals surface area contributed by atoms with Crippen LogP contribution in [-0.4, -0.2) is 65.2 Å². The van der Waals surface area contributed by atoms with Crippen LogP contribution in [0.2, 0.25) is 0 Å². The van der Waals surface area contributed by atoms with Gasteiger partial charge < -0.3 is 15.3 Å². The maximum Gasteiger partial charge on any atom is 0.326 e. The van der Waals surface area contributed by atoms with Gasteiger partial charge in [-0.25, -0.2) is 9.59 Å². The molecular weight excluding hydrogens is 270 g/mol. The van der Waals surface area contributed by atoms with E-state index in [0.717, 1.165) is 25.9 Å². The number of carboxylic acid groups (broad SMARTS) is 1. The smallest absolute Gasteiger partial charge is 0.326 e. The summed E-state index contributed by atoms with van der Waals surface area (Å²) >= 11 is 0. The molecule has 2 heterocycles. The number of piperidine rings is 1. The van der Waals surface area contributed by atoms with Gasteiger partial charge in [-0.15, -0.1) is 0 Å². The molecule has 2 aliphatic rings. The minimum Gasteiger partial charge on any atom is -0.480 e. The van der Waals surface area contributed by atoms with Gasteiger partial charge in [-0.1, -0.05) is 13.8 Å². The average molecular weight is 297 g/mol. The lowest BCUT2D eigenvalue weighted by atomic mass is 9.93. The Balaban J connectivity index is 1.88. The first-order valence-corrected chi connectivity index (χ1v) is 8.04. The summed E-state index contributed by atoms with van der Waals surface area (Å²) in [4.78, 5) is 27.5. The molecule has 0 spiro atoms. The molecule has 6 heteroatoms. The van der Waals surface area contributed by atoms with E-state index >= 15 is 0 Å². The summed E-state index contributed by atoms with van der Waals surface area (Å²) < 4.78 is 0. The molecule has 21 heavy (non-hydrogen) atoms. The second-order valence-corrected chi connectivity index (χ2v) is 6.29. The minimum atomic E-state index is -0.896. The molecule has 120 valence electrons. The molecule has 2 rings (SSSR count). The number of rotatable bonds is 4. The molecule has 3 atom stereocenters. The normalized spacial score (nSPS) is 30.4. The fourth-order valence-corrected chi connectivity index (χ4v) is 3.47. The SMILES string of the molecule is CCN1CCCC1CNC(=O)N1CCC(C)CC1C(=O)O. The number of hydrogen-bond donors (Lipinski definition) is 2. The zero-order valence-electron chi connectivity index (χ0n) is 13.0. The van der Waals surface area contributed by atoms with Crippen LogP contribution in [0.5, 0.6) is 0 Å². The third-order valence-electron chi connectivity index (χ3n) is 4.80. The Morgan fingerprint density at radius 2 is 2.05 bits per heavy atom. The van der Waals surface area contributed by atoms with Crippen LogP contribution in [0, 0.1) is 5.92 Å². The van der Waals surface area contributed by atoms with E-state index < -0.39 is 12.0 Å². The Bertz CT molecular complexity index is 388. The summed E-state index contributed by atoms with van der Waals surface area (Å²) in [5.41, 5.74) is 0. The van der Waals surface area contributed by atoms with E-state index in [9.17, 15) is 14.7 Å². The molecule has 2 aliphatic heterocycles. The highest BCUT2D eigenvalue weighted by Gasteiger charge is 2.35. The lowest BCUT2D eigenvalue weighted by Crippen LogP contribution is -2.54. The Morgan fingerprint density at radius 1 is 1.29 bits per heavy atom. The predicted octanol–water partition coefficient (Wildman–Crippen LogP) is 1.37. The van der Waals surface area contributed by atoms with Crippen molar-refractivity contribution in [1.82, 2.24) is 15.1 Å². The number of carboxylic acids is 1. The van der Waals surface area contributed by atoms with Crippen molar-refractivity contribution in [3.05, 3.63) is 0 Å². The molecule has 0 saturated carbocycles. The lowest BCUT2D eigenvalue weighted by molar-refractivity contribution is -0.143.